The van der Waals surface area contributed by atoms with Gasteiger partial charge in [0.2, 0.25) is 0 Å². The van der Waals surface area contributed by atoms with Gasteiger partial charge in [-0.15, -0.1) is 0 Å². The van der Waals surface area contributed by atoms with E-state index in [-0.39, 0.29) is 11.5 Å². The molecule has 3 aliphatic rings. The van der Waals surface area contributed by atoms with Gasteiger partial charge >= 0.3 is 0 Å². The number of carbonyl (C=O) groups excluding carboxylic acids is 1. The minimum atomic E-state index is -0.606. The lowest BCUT2D eigenvalue weighted by Gasteiger charge is -2.35. The Bertz CT molecular complexity index is 1320. The van der Waals surface area contributed by atoms with E-state index < -0.39 is 5.54 Å². The molecule has 3 aromatic rings. The Labute approximate surface area is 207 Å². The van der Waals surface area contributed by atoms with Crippen molar-refractivity contribution in [2.45, 2.75) is 63.0 Å². The zero-order chi connectivity index (χ0) is 24.4. The van der Waals surface area contributed by atoms with E-state index in [2.05, 4.69) is 42.7 Å². The molecule has 0 bridgehead atoms. The van der Waals surface area contributed by atoms with Crippen LogP contribution in [0.3, 0.4) is 0 Å². The number of nitrogens with zero attached hydrogens (tertiary/aromatic N) is 3. The van der Waals surface area contributed by atoms with Crippen molar-refractivity contribution in [1.82, 2.24) is 4.57 Å². The van der Waals surface area contributed by atoms with E-state index in [9.17, 15) is 10.1 Å². The zero-order valence-corrected chi connectivity index (χ0v) is 20.8. The van der Waals surface area contributed by atoms with Gasteiger partial charge < -0.3 is 14.2 Å². The topological polar surface area (TPSA) is 58.3 Å². The Morgan fingerprint density at radius 1 is 1.09 bits per heavy atom. The number of amides is 1. The summed E-state index contributed by atoms with van der Waals surface area (Å²) < 4.78 is 8.05. The van der Waals surface area contributed by atoms with E-state index in [1.54, 1.807) is 4.90 Å². The van der Waals surface area contributed by atoms with Crippen molar-refractivity contribution < 1.29 is 9.53 Å². The molecule has 1 aliphatic heterocycles. The first-order valence-electron chi connectivity index (χ1n) is 12.9. The predicted molar refractivity (Wildman–Crippen MR) is 138 cm³/mol. The van der Waals surface area contributed by atoms with Crippen LogP contribution < -0.4 is 4.90 Å². The van der Waals surface area contributed by atoms with Gasteiger partial charge in [0.1, 0.15) is 11.2 Å². The maximum atomic E-state index is 13.9. The first kappa shape index (κ1) is 22.4. The average Bonchev–Trinajstić information content (AvgIpc) is 3.20. The SMILES string of the molecule is CN(C(=O)c1cc2cc([C@H]3CCOC(C)(C)C3)ccc2n1C1(C#N)C2CCCC21)c1ccccc1. The van der Waals surface area contributed by atoms with Crippen molar-refractivity contribution in [3.8, 4) is 6.07 Å². The third-order valence-electron chi connectivity index (χ3n) is 8.75. The summed E-state index contributed by atoms with van der Waals surface area (Å²) in [5.41, 5.74) is 3.03. The summed E-state index contributed by atoms with van der Waals surface area (Å²) in [7, 11) is 1.82. The monoisotopic (exact) mass is 467 g/mol. The average molecular weight is 468 g/mol. The maximum absolute atomic E-state index is 13.9. The molecule has 1 amide bonds. The number of hydrogen-bond donors (Lipinski definition) is 0. The fourth-order valence-electron chi connectivity index (χ4n) is 6.97. The van der Waals surface area contributed by atoms with Crippen LogP contribution in [0.1, 0.15) is 67.9 Å². The minimum Gasteiger partial charge on any atom is -0.376 e. The second kappa shape index (κ2) is 7.96. The van der Waals surface area contributed by atoms with E-state index in [1.165, 1.54) is 12.0 Å². The van der Waals surface area contributed by atoms with Crippen molar-refractivity contribution >= 4 is 22.5 Å². The molecule has 3 atom stereocenters. The molecule has 5 nitrogen and oxygen atoms in total. The van der Waals surface area contributed by atoms with Crippen LogP contribution in [0, 0.1) is 23.2 Å². The van der Waals surface area contributed by atoms with Crippen molar-refractivity contribution in [3.05, 3.63) is 65.9 Å². The van der Waals surface area contributed by atoms with Gasteiger partial charge in [-0.25, -0.2) is 0 Å². The van der Waals surface area contributed by atoms with Crippen molar-refractivity contribution in [2.24, 2.45) is 11.8 Å². The zero-order valence-electron chi connectivity index (χ0n) is 20.8. The summed E-state index contributed by atoms with van der Waals surface area (Å²) in [5.74, 6) is 1.05. The molecule has 1 saturated heterocycles. The number of para-hydroxylation sites is 1. The lowest BCUT2D eigenvalue weighted by atomic mass is 9.83. The molecule has 0 radical (unpaired) electrons. The fraction of sp³-hybridized carbons (Fsp3) is 0.467. The highest BCUT2D eigenvalue weighted by molar-refractivity contribution is 6.08. The van der Waals surface area contributed by atoms with Gasteiger partial charge in [0.05, 0.1) is 17.2 Å². The third kappa shape index (κ3) is 3.42. The number of aromatic nitrogens is 1. The van der Waals surface area contributed by atoms with Gasteiger partial charge in [-0.3, -0.25) is 4.79 Å². The first-order valence-corrected chi connectivity index (χ1v) is 12.9. The number of nitriles is 1. The maximum Gasteiger partial charge on any atom is 0.274 e. The van der Waals surface area contributed by atoms with E-state index in [4.69, 9.17) is 4.74 Å². The Balaban J connectivity index is 1.47. The molecule has 2 aliphatic carbocycles. The van der Waals surface area contributed by atoms with Crippen LogP contribution in [0.25, 0.3) is 10.9 Å². The Hall–Kier alpha value is -3.10. The molecule has 2 unspecified atom stereocenters. The van der Waals surface area contributed by atoms with Gasteiger partial charge in [0.15, 0.2) is 0 Å². The van der Waals surface area contributed by atoms with Gasteiger partial charge in [0, 0.05) is 36.6 Å². The van der Waals surface area contributed by atoms with Crippen LogP contribution >= 0.6 is 0 Å². The van der Waals surface area contributed by atoms with E-state index >= 15 is 0 Å². The number of ether oxygens (including phenoxy) is 1. The summed E-state index contributed by atoms with van der Waals surface area (Å²) in [6, 6.07) is 21.1. The van der Waals surface area contributed by atoms with E-state index in [1.807, 2.05) is 43.4 Å². The Kier molecular flexibility index (Phi) is 5.09. The quantitative estimate of drug-likeness (QED) is 0.456. The van der Waals surface area contributed by atoms with Crippen LogP contribution in [0.5, 0.6) is 0 Å². The molecular formula is C30H33N3O2. The number of hydrogen-bond acceptors (Lipinski definition) is 3. The first-order chi connectivity index (χ1) is 16.9. The molecule has 1 aromatic heterocycles. The number of carbonyl (C=O) groups is 1. The molecule has 2 aromatic carbocycles. The number of benzene rings is 2. The Morgan fingerprint density at radius 2 is 1.83 bits per heavy atom. The molecule has 2 heterocycles. The van der Waals surface area contributed by atoms with Gasteiger partial charge in [-0.2, -0.15) is 5.26 Å². The minimum absolute atomic E-state index is 0.0688. The number of fused-ring (bicyclic) bond motifs is 2. The standard InChI is InChI=1S/C30H33N3O2/c1-29(2)18-21(14-15-35-29)20-12-13-26-22(16-20)17-27(28(34)32(3)23-8-5-4-6-9-23)33(26)30(19-31)24-10-7-11-25(24)30/h4-6,8-9,12-13,16-17,21,24-25H,7,10-11,14-15,18H2,1-3H3/t21-,24?,25?,30?/m0/s1. The van der Waals surface area contributed by atoms with Gasteiger partial charge in [-0.1, -0.05) is 30.7 Å². The molecule has 35 heavy (non-hydrogen) atoms. The summed E-state index contributed by atoms with van der Waals surface area (Å²) in [5, 5.41) is 11.5. The molecule has 2 saturated carbocycles. The Morgan fingerprint density at radius 3 is 2.51 bits per heavy atom. The third-order valence-corrected chi connectivity index (χ3v) is 8.75. The molecular weight excluding hydrogens is 434 g/mol. The van der Waals surface area contributed by atoms with Gasteiger partial charge in [0.25, 0.3) is 5.91 Å². The largest absolute Gasteiger partial charge is 0.376 e. The van der Waals surface area contributed by atoms with E-state index in [0.29, 0.717) is 23.4 Å². The molecule has 0 N–H and O–H groups in total. The van der Waals surface area contributed by atoms with Crippen molar-refractivity contribution in [1.29, 1.82) is 5.26 Å². The summed E-state index contributed by atoms with van der Waals surface area (Å²) in [4.78, 5) is 15.6. The highest BCUT2D eigenvalue weighted by Gasteiger charge is 2.69. The van der Waals surface area contributed by atoms with E-state index in [0.717, 1.165) is 48.9 Å². The lowest BCUT2D eigenvalue weighted by Crippen LogP contribution is -2.33. The van der Waals surface area contributed by atoms with Gasteiger partial charge in [-0.05, 0) is 81.3 Å². The number of anilines is 1. The van der Waals surface area contributed by atoms with Crippen LogP contribution in [0.2, 0.25) is 0 Å². The molecule has 6 rings (SSSR count). The normalized spacial score (nSPS) is 28.9. The lowest BCUT2D eigenvalue weighted by molar-refractivity contribution is -0.0592. The molecule has 3 fully saturated rings. The highest BCUT2D eigenvalue weighted by atomic mass is 16.5. The summed E-state index contributed by atoms with van der Waals surface area (Å²) in [6.45, 7) is 5.09. The molecule has 0 spiro atoms. The van der Waals surface area contributed by atoms with Crippen molar-refractivity contribution in [2.75, 3.05) is 18.6 Å². The second-order valence-electron chi connectivity index (χ2n) is 11.3. The van der Waals surface area contributed by atoms with Crippen LogP contribution in [0.15, 0.2) is 54.6 Å². The number of rotatable bonds is 4. The molecule has 5 heteroatoms. The van der Waals surface area contributed by atoms with Crippen molar-refractivity contribution in [3.63, 3.8) is 0 Å². The van der Waals surface area contributed by atoms with Crippen LogP contribution in [-0.2, 0) is 10.3 Å². The van der Waals surface area contributed by atoms with Crippen LogP contribution in [-0.4, -0.2) is 29.7 Å². The fourth-order valence-corrected chi connectivity index (χ4v) is 6.97. The second-order valence-corrected chi connectivity index (χ2v) is 11.3. The molecule has 180 valence electrons. The smallest absolute Gasteiger partial charge is 0.274 e. The summed E-state index contributed by atoms with van der Waals surface area (Å²) >= 11 is 0. The predicted octanol–water partition coefficient (Wildman–Crippen LogP) is 6.24. The van der Waals surface area contributed by atoms with Crippen LogP contribution in [0.4, 0.5) is 5.69 Å². The summed E-state index contributed by atoms with van der Waals surface area (Å²) in [6.07, 6.45) is 5.29. The highest BCUT2D eigenvalue weighted by Crippen LogP contribution is 2.66.